The number of nitrogens with one attached hydrogen (secondary N) is 1. The molecule has 110 valence electrons. The van der Waals surface area contributed by atoms with Gasteiger partial charge in [-0.2, -0.15) is 0 Å². The summed E-state index contributed by atoms with van der Waals surface area (Å²) < 4.78 is 0. The molecule has 1 aromatic carbocycles. The Bertz CT molecular complexity index is 689. The zero-order valence-corrected chi connectivity index (χ0v) is 12.1. The fourth-order valence-electron chi connectivity index (χ4n) is 1.63. The van der Waals surface area contributed by atoms with E-state index in [9.17, 15) is 14.9 Å². The number of hydrogen-bond acceptors (Lipinski definition) is 6. The number of nitro benzene ring substituents is 1. The molecule has 2 aromatic rings. The first kappa shape index (κ1) is 15.2. The van der Waals surface area contributed by atoms with Crippen molar-refractivity contribution in [3.8, 4) is 0 Å². The molecule has 9 heteroatoms. The average molecular weight is 328 g/mol. The highest BCUT2D eigenvalue weighted by atomic mass is 35.5. The van der Waals surface area contributed by atoms with E-state index in [0.717, 1.165) is 0 Å². The van der Waals surface area contributed by atoms with Crippen LogP contribution in [0.2, 0.25) is 5.02 Å². The van der Waals surface area contributed by atoms with E-state index in [1.165, 1.54) is 28.8 Å². The Balaban J connectivity index is 2.00. The van der Waals surface area contributed by atoms with Gasteiger partial charge in [-0.3, -0.25) is 10.1 Å². The Morgan fingerprint density at radius 3 is 2.90 bits per heavy atom. The van der Waals surface area contributed by atoms with Crippen LogP contribution in [-0.4, -0.2) is 27.5 Å². The lowest BCUT2D eigenvalue weighted by Crippen LogP contribution is -2.07. The quantitative estimate of drug-likeness (QED) is 0.624. The summed E-state index contributed by atoms with van der Waals surface area (Å²) in [6, 6.07) is 4.36. The second-order valence-electron chi connectivity index (χ2n) is 4.03. The number of carboxylic acids is 1. The summed E-state index contributed by atoms with van der Waals surface area (Å²) in [6.45, 7) is 0.398. The lowest BCUT2D eigenvalue weighted by molar-refractivity contribution is -0.383. The summed E-state index contributed by atoms with van der Waals surface area (Å²) in [6.07, 6.45) is 0.470. The predicted molar refractivity (Wildman–Crippen MR) is 79.4 cm³/mol. The Hall–Kier alpha value is -2.19. The van der Waals surface area contributed by atoms with Gasteiger partial charge in [-0.1, -0.05) is 11.6 Å². The van der Waals surface area contributed by atoms with E-state index in [2.05, 4.69) is 10.3 Å². The van der Waals surface area contributed by atoms with E-state index in [-0.39, 0.29) is 11.4 Å². The number of carboxylic acid groups (broad SMARTS) is 1. The molecule has 0 aliphatic rings. The van der Waals surface area contributed by atoms with Gasteiger partial charge in [-0.15, -0.1) is 11.3 Å². The number of aromatic carboxylic acids is 1. The average Bonchev–Trinajstić information content (AvgIpc) is 2.89. The minimum Gasteiger partial charge on any atom is -0.476 e. The topological polar surface area (TPSA) is 105 Å². The number of aromatic nitrogens is 1. The van der Waals surface area contributed by atoms with Gasteiger partial charge < -0.3 is 10.4 Å². The molecule has 0 aliphatic heterocycles. The fourth-order valence-corrected chi connectivity index (χ4v) is 2.57. The van der Waals surface area contributed by atoms with Gasteiger partial charge in [0.05, 0.1) is 9.93 Å². The van der Waals surface area contributed by atoms with Gasteiger partial charge in [0, 0.05) is 29.4 Å². The summed E-state index contributed by atoms with van der Waals surface area (Å²) in [5.74, 6) is -1.07. The maximum absolute atomic E-state index is 10.9. The molecule has 1 aromatic heterocycles. The number of nitro groups is 1. The molecule has 7 nitrogen and oxygen atoms in total. The number of rotatable bonds is 6. The number of benzene rings is 1. The first-order valence-corrected chi connectivity index (χ1v) is 7.08. The molecule has 0 spiro atoms. The molecule has 0 radical (unpaired) electrons. The van der Waals surface area contributed by atoms with Crippen molar-refractivity contribution in [1.29, 1.82) is 0 Å². The highest BCUT2D eigenvalue weighted by Gasteiger charge is 2.14. The maximum atomic E-state index is 10.9. The largest absolute Gasteiger partial charge is 0.476 e. The van der Waals surface area contributed by atoms with Crippen molar-refractivity contribution in [2.24, 2.45) is 0 Å². The smallest absolute Gasteiger partial charge is 0.355 e. The van der Waals surface area contributed by atoms with E-state index in [4.69, 9.17) is 16.7 Å². The minimum absolute atomic E-state index is 0.00692. The maximum Gasteiger partial charge on any atom is 0.355 e. The van der Waals surface area contributed by atoms with Crippen LogP contribution in [0.4, 0.5) is 11.4 Å². The molecule has 0 unspecified atom stereocenters. The Morgan fingerprint density at radius 1 is 1.52 bits per heavy atom. The molecule has 0 saturated heterocycles. The van der Waals surface area contributed by atoms with Gasteiger partial charge in [0.25, 0.3) is 5.69 Å². The SMILES string of the molecule is O=C(O)c1csc(CCNc2ccc(Cl)cc2[N+](=O)[O-])n1. The van der Waals surface area contributed by atoms with Crippen molar-refractivity contribution in [1.82, 2.24) is 4.98 Å². The Labute approximate surface area is 128 Å². The van der Waals surface area contributed by atoms with Crippen LogP contribution in [0.25, 0.3) is 0 Å². The number of hydrogen-bond donors (Lipinski definition) is 2. The second-order valence-corrected chi connectivity index (χ2v) is 5.41. The molecule has 0 bridgehead atoms. The molecule has 0 atom stereocenters. The van der Waals surface area contributed by atoms with Crippen molar-refractivity contribution in [2.45, 2.75) is 6.42 Å². The van der Waals surface area contributed by atoms with Gasteiger partial charge in [0.15, 0.2) is 5.69 Å². The molecule has 1 heterocycles. The Morgan fingerprint density at radius 2 is 2.29 bits per heavy atom. The lowest BCUT2D eigenvalue weighted by atomic mass is 10.2. The third-order valence-corrected chi connectivity index (χ3v) is 3.73. The van der Waals surface area contributed by atoms with Crippen molar-refractivity contribution < 1.29 is 14.8 Å². The third-order valence-electron chi connectivity index (χ3n) is 2.58. The Kier molecular flexibility index (Phi) is 4.71. The molecule has 0 fully saturated rings. The molecule has 0 aliphatic carbocycles. The van der Waals surface area contributed by atoms with Crippen LogP contribution in [-0.2, 0) is 6.42 Å². The monoisotopic (exact) mass is 327 g/mol. The van der Waals surface area contributed by atoms with Gasteiger partial charge >= 0.3 is 5.97 Å². The van der Waals surface area contributed by atoms with E-state index >= 15 is 0 Å². The molecule has 0 saturated carbocycles. The van der Waals surface area contributed by atoms with Crippen LogP contribution < -0.4 is 5.32 Å². The van der Waals surface area contributed by atoms with Crippen molar-refractivity contribution in [2.75, 3.05) is 11.9 Å². The summed E-state index contributed by atoms with van der Waals surface area (Å²) in [7, 11) is 0. The number of halogens is 1. The van der Waals surface area contributed by atoms with Crippen molar-refractivity contribution >= 4 is 40.3 Å². The van der Waals surface area contributed by atoms with Crippen LogP contribution in [0.3, 0.4) is 0 Å². The summed E-state index contributed by atoms with van der Waals surface area (Å²) in [4.78, 5) is 25.0. The number of nitrogens with zero attached hydrogens (tertiary/aromatic N) is 2. The minimum atomic E-state index is -1.07. The summed E-state index contributed by atoms with van der Waals surface area (Å²) in [5.41, 5.74) is 0.264. The highest BCUT2D eigenvalue weighted by Crippen LogP contribution is 2.27. The van der Waals surface area contributed by atoms with Gasteiger partial charge in [0.2, 0.25) is 0 Å². The van der Waals surface area contributed by atoms with E-state index in [1.54, 1.807) is 6.07 Å². The van der Waals surface area contributed by atoms with Crippen LogP contribution in [0.5, 0.6) is 0 Å². The van der Waals surface area contributed by atoms with E-state index in [1.807, 2.05) is 0 Å². The fraction of sp³-hybridized carbons (Fsp3) is 0.167. The van der Waals surface area contributed by atoms with Crippen molar-refractivity contribution in [3.05, 3.63) is 49.4 Å². The highest BCUT2D eigenvalue weighted by molar-refractivity contribution is 7.09. The van der Waals surface area contributed by atoms with Gasteiger partial charge in [-0.05, 0) is 12.1 Å². The molecular formula is C12H10ClN3O4S. The number of thiazole rings is 1. The van der Waals surface area contributed by atoms with Gasteiger partial charge in [-0.25, -0.2) is 9.78 Å². The van der Waals surface area contributed by atoms with Crippen LogP contribution >= 0.6 is 22.9 Å². The predicted octanol–water partition coefficient (Wildman–Crippen LogP) is 3.06. The van der Waals surface area contributed by atoms with E-state index in [0.29, 0.717) is 28.7 Å². The molecule has 0 amide bonds. The molecular weight excluding hydrogens is 318 g/mol. The van der Waals surface area contributed by atoms with E-state index < -0.39 is 10.9 Å². The van der Waals surface area contributed by atoms with Crippen LogP contribution in [0.15, 0.2) is 23.6 Å². The molecule has 2 N–H and O–H groups in total. The van der Waals surface area contributed by atoms with Crippen molar-refractivity contribution in [3.63, 3.8) is 0 Å². The lowest BCUT2D eigenvalue weighted by Gasteiger charge is -2.06. The zero-order valence-electron chi connectivity index (χ0n) is 10.6. The standard InChI is InChI=1S/C12H10ClN3O4S/c13-7-1-2-8(10(5-7)16(19)20)14-4-3-11-15-9(6-21-11)12(17)18/h1-2,5-6,14H,3-4H2,(H,17,18). The molecule has 21 heavy (non-hydrogen) atoms. The van der Waals surface area contributed by atoms with Crippen LogP contribution in [0.1, 0.15) is 15.5 Å². The molecule has 2 rings (SSSR count). The normalized spacial score (nSPS) is 10.3. The number of anilines is 1. The summed E-state index contributed by atoms with van der Waals surface area (Å²) in [5, 5.41) is 25.0. The second kappa shape index (κ2) is 6.51. The summed E-state index contributed by atoms with van der Waals surface area (Å²) >= 11 is 6.97. The first-order chi connectivity index (χ1) is 9.97. The third kappa shape index (κ3) is 3.89. The van der Waals surface area contributed by atoms with Gasteiger partial charge in [0.1, 0.15) is 5.69 Å². The number of carbonyl (C=O) groups is 1. The zero-order chi connectivity index (χ0) is 15.4. The van der Waals surface area contributed by atoms with Crippen LogP contribution in [0, 0.1) is 10.1 Å². The first-order valence-electron chi connectivity index (χ1n) is 5.83.